The average Bonchev–Trinajstić information content (AvgIpc) is 2.95. The molecule has 5 heteroatoms. The van der Waals surface area contributed by atoms with Crippen molar-refractivity contribution in [3.8, 4) is 0 Å². The number of carbonyl (C=O) groups is 2. The molecule has 0 spiro atoms. The van der Waals surface area contributed by atoms with Gasteiger partial charge in [-0.15, -0.1) is 0 Å². The molecule has 1 N–H and O–H groups in total. The fourth-order valence-electron chi connectivity index (χ4n) is 3.19. The fourth-order valence-corrected chi connectivity index (χ4v) is 3.19. The number of rotatable bonds is 3. The van der Waals surface area contributed by atoms with Crippen molar-refractivity contribution in [1.82, 2.24) is 0 Å². The van der Waals surface area contributed by atoms with Gasteiger partial charge in [-0.05, 0) is 36.6 Å². The third-order valence-corrected chi connectivity index (χ3v) is 4.14. The van der Waals surface area contributed by atoms with Crippen molar-refractivity contribution < 1.29 is 19.4 Å². The van der Waals surface area contributed by atoms with Gasteiger partial charge < -0.3 is 20.0 Å². The highest BCUT2D eigenvalue weighted by molar-refractivity contribution is 5.88. The van der Waals surface area contributed by atoms with Crippen molar-refractivity contribution >= 4 is 17.6 Å². The molecular formula is C16H16NO4-. The van der Waals surface area contributed by atoms with Gasteiger partial charge in [0.25, 0.3) is 0 Å². The second-order valence-electron chi connectivity index (χ2n) is 5.32. The first-order chi connectivity index (χ1) is 10.1. The molecular weight excluding hydrogens is 270 g/mol. The molecule has 0 unspecified atom stereocenters. The van der Waals surface area contributed by atoms with Gasteiger partial charge in [0.2, 0.25) is 0 Å². The summed E-state index contributed by atoms with van der Waals surface area (Å²) in [7, 11) is 0. The van der Waals surface area contributed by atoms with E-state index in [1.54, 1.807) is 19.1 Å². The molecule has 1 aliphatic heterocycles. The number of carbonyl (C=O) groups excluding carboxylic acids is 2. The molecule has 1 heterocycles. The second-order valence-corrected chi connectivity index (χ2v) is 5.32. The summed E-state index contributed by atoms with van der Waals surface area (Å²) in [5.41, 5.74) is 1.84. The predicted molar refractivity (Wildman–Crippen MR) is 74.8 cm³/mol. The molecule has 2 aliphatic rings. The molecule has 0 amide bonds. The summed E-state index contributed by atoms with van der Waals surface area (Å²) in [6.45, 7) is 2.13. The first-order valence-electron chi connectivity index (χ1n) is 7.07. The molecule has 5 nitrogen and oxygen atoms in total. The summed E-state index contributed by atoms with van der Waals surface area (Å²) in [4.78, 5) is 23.1. The van der Waals surface area contributed by atoms with Crippen LogP contribution >= 0.6 is 0 Å². The number of anilines is 1. The van der Waals surface area contributed by atoms with E-state index in [4.69, 9.17) is 4.74 Å². The van der Waals surface area contributed by atoms with E-state index in [2.05, 4.69) is 5.32 Å². The smallest absolute Gasteiger partial charge is 0.328 e. The molecule has 110 valence electrons. The highest BCUT2D eigenvalue weighted by Crippen LogP contribution is 2.45. The monoisotopic (exact) mass is 286 g/mol. The Morgan fingerprint density at radius 2 is 2.24 bits per heavy atom. The Bertz CT molecular complexity index is 623. The topological polar surface area (TPSA) is 78.5 Å². The number of esters is 1. The summed E-state index contributed by atoms with van der Waals surface area (Å²) in [5, 5.41) is 14.2. The van der Waals surface area contributed by atoms with Gasteiger partial charge in [0.05, 0.1) is 12.6 Å². The number of hydrogen-bond donors (Lipinski definition) is 1. The van der Waals surface area contributed by atoms with Gasteiger partial charge in [0, 0.05) is 17.5 Å². The Balaban J connectivity index is 1.98. The van der Waals surface area contributed by atoms with E-state index in [0.717, 1.165) is 17.7 Å². The molecule has 0 radical (unpaired) electrons. The molecule has 0 saturated carbocycles. The lowest BCUT2D eigenvalue weighted by Gasteiger charge is -2.35. The van der Waals surface area contributed by atoms with E-state index in [1.165, 1.54) is 6.07 Å². The minimum absolute atomic E-state index is 0.0370. The number of carboxylic acid groups (broad SMARTS) is 1. The number of allylic oxidation sites excluding steroid dienone is 2. The third-order valence-electron chi connectivity index (χ3n) is 4.14. The quantitative estimate of drug-likeness (QED) is 0.664. The lowest BCUT2D eigenvalue weighted by Crippen LogP contribution is -2.43. The number of benzene rings is 1. The standard InChI is InChI=1S/C16H17NO4/c1-2-21-16(20)14-11-5-3-4-10(11)12-8-9(15(18)19)6-7-13(12)17-14/h3-4,6-8,10-11,14,17H,2,5H2,1H3,(H,18,19)/p-1/t10-,11+,14+/m0/s1. The van der Waals surface area contributed by atoms with Crippen molar-refractivity contribution in [2.24, 2.45) is 5.92 Å². The van der Waals surface area contributed by atoms with E-state index in [9.17, 15) is 14.7 Å². The van der Waals surface area contributed by atoms with Crippen LogP contribution in [0.2, 0.25) is 0 Å². The Labute approximate surface area is 122 Å². The number of hydrogen-bond acceptors (Lipinski definition) is 5. The van der Waals surface area contributed by atoms with E-state index in [1.807, 2.05) is 12.2 Å². The van der Waals surface area contributed by atoms with Crippen LogP contribution < -0.4 is 10.4 Å². The predicted octanol–water partition coefficient (Wildman–Crippen LogP) is 1.07. The van der Waals surface area contributed by atoms with Crippen LogP contribution in [0, 0.1) is 5.92 Å². The van der Waals surface area contributed by atoms with Crippen molar-refractivity contribution in [3.63, 3.8) is 0 Å². The van der Waals surface area contributed by atoms with Gasteiger partial charge in [0.15, 0.2) is 0 Å². The van der Waals surface area contributed by atoms with Crippen LogP contribution in [0.1, 0.15) is 35.2 Å². The first kappa shape index (κ1) is 13.7. The number of nitrogens with one attached hydrogen (secondary N) is 1. The second kappa shape index (κ2) is 5.24. The Kier molecular flexibility index (Phi) is 3.41. The summed E-state index contributed by atoms with van der Waals surface area (Å²) in [5.74, 6) is -1.35. The molecule has 1 aliphatic carbocycles. The first-order valence-corrected chi connectivity index (χ1v) is 7.07. The van der Waals surface area contributed by atoms with E-state index in [0.29, 0.717) is 6.61 Å². The van der Waals surface area contributed by atoms with E-state index >= 15 is 0 Å². The maximum Gasteiger partial charge on any atom is 0.328 e. The van der Waals surface area contributed by atoms with Gasteiger partial charge in [-0.2, -0.15) is 0 Å². The van der Waals surface area contributed by atoms with Crippen LogP contribution in [0.25, 0.3) is 0 Å². The number of fused-ring (bicyclic) bond motifs is 3. The molecule has 1 aromatic rings. The SMILES string of the molecule is CCOC(=O)[C@@H]1Nc2ccc(C(=O)[O-])cc2[C@H]2C=CC[C@H]21. The van der Waals surface area contributed by atoms with Crippen molar-refractivity contribution in [2.75, 3.05) is 11.9 Å². The van der Waals surface area contributed by atoms with Gasteiger partial charge in [-0.3, -0.25) is 0 Å². The molecule has 21 heavy (non-hydrogen) atoms. The number of aromatic carboxylic acids is 1. The van der Waals surface area contributed by atoms with Gasteiger partial charge >= 0.3 is 5.97 Å². The van der Waals surface area contributed by atoms with Crippen molar-refractivity contribution in [2.45, 2.75) is 25.3 Å². The maximum absolute atomic E-state index is 12.1. The highest BCUT2D eigenvalue weighted by Gasteiger charge is 2.41. The summed E-state index contributed by atoms with van der Waals surface area (Å²) in [6, 6.07) is 4.41. The highest BCUT2D eigenvalue weighted by atomic mass is 16.5. The van der Waals surface area contributed by atoms with Crippen LogP contribution in [0.3, 0.4) is 0 Å². The van der Waals surface area contributed by atoms with E-state index < -0.39 is 12.0 Å². The van der Waals surface area contributed by atoms with Crippen LogP contribution in [0.4, 0.5) is 5.69 Å². The zero-order valence-electron chi connectivity index (χ0n) is 11.7. The molecule has 3 atom stereocenters. The van der Waals surface area contributed by atoms with Gasteiger partial charge in [-0.1, -0.05) is 18.2 Å². The largest absolute Gasteiger partial charge is 0.545 e. The molecule has 0 saturated heterocycles. The molecule has 0 aromatic heterocycles. The molecule has 1 aromatic carbocycles. The molecule has 0 fully saturated rings. The zero-order chi connectivity index (χ0) is 15.0. The normalized spacial score (nSPS) is 25.7. The molecule has 3 rings (SSSR count). The van der Waals surface area contributed by atoms with Crippen LogP contribution in [0.15, 0.2) is 30.4 Å². The van der Waals surface area contributed by atoms with E-state index in [-0.39, 0.29) is 23.4 Å². The Morgan fingerprint density at radius 3 is 2.95 bits per heavy atom. The minimum atomic E-state index is -1.19. The summed E-state index contributed by atoms with van der Waals surface area (Å²) < 4.78 is 5.13. The minimum Gasteiger partial charge on any atom is -0.545 e. The lowest BCUT2D eigenvalue weighted by atomic mass is 9.79. The van der Waals surface area contributed by atoms with Crippen molar-refractivity contribution in [3.05, 3.63) is 41.5 Å². The fraction of sp³-hybridized carbons (Fsp3) is 0.375. The molecule has 0 bridgehead atoms. The van der Waals surface area contributed by atoms with Crippen LogP contribution in [-0.4, -0.2) is 24.6 Å². The summed E-state index contributed by atoms with van der Waals surface area (Å²) in [6.07, 6.45) is 4.84. The Morgan fingerprint density at radius 1 is 1.43 bits per heavy atom. The third kappa shape index (κ3) is 2.28. The van der Waals surface area contributed by atoms with Crippen LogP contribution in [0.5, 0.6) is 0 Å². The average molecular weight is 286 g/mol. The number of carboxylic acids is 1. The number of ether oxygens (including phenoxy) is 1. The lowest BCUT2D eigenvalue weighted by molar-refractivity contribution is -0.255. The Hall–Kier alpha value is -2.30. The summed E-state index contributed by atoms with van der Waals surface area (Å²) >= 11 is 0. The van der Waals surface area contributed by atoms with Crippen molar-refractivity contribution in [1.29, 1.82) is 0 Å². The van der Waals surface area contributed by atoms with Crippen LogP contribution in [-0.2, 0) is 9.53 Å². The van der Waals surface area contributed by atoms with Gasteiger partial charge in [-0.25, -0.2) is 4.79 Å². The maximum atomic E-state index is 12.1. The zero-order valence-corrected chi connectivity index (χ0v) is 11.7. The van der Waals surface area contributed by atoms with Gasteiger partial charge in [0.1, 0.15) is 6.04 Å².